The van der Waals surface area contributed by atoms with Crippen LogP contribution in [-0.4, -0.2) is 27.5 Å². The Morgan fingerprint density at radius 2 is 1.43 bits per heavy atom. The van der Waals surface area contributed by atoms with Gasteiger partial charge in [0.05, 0.1) is 0 Å². The number of rotatable bonds is 3. The van der Waals surface area contributed by atoms with Gasteiger partial charge in [-0.3, -0.25) is 4.79 Å². The molecule has 1 amide bonds. The Kier molecular flexibility index (Phi) is 4.64. The summed E-state index contributed by atoms with van der Waals surface area (Å²) in [5, 5.41) is 8.32. The summed E-state index contributed by atoms with van der Waals surface area (Å²) in [6.07, 6.45) is 0.893. The monoisotopic (exact) mass is 395 g/mol. The van der Waals surface area contributed by atoms with Crippen LogP contribution in [0.4, 0.5) is 0 Å². The minimum absolute atomic E-state index is 0.0435. The minimum Gasteiger partial charge on any atom is -0.416 e. The van der Waals surface area contributed by atoms with E-state index in [4.69, 9.17) is 4.42 Å². The van der Waals surface area contributed by atoms with Crippen LogP contribution in [0.1, 0.15) is 27.0 Å². The second-order valence-corrected chi connectivity index (χ2v) is 7.60. The molecule has 0 bridgehead atoms. The molecule has 3 aromatic carbocycles. The number of hydrogen-bond acceptors (Lipinski definition) is 4. The number of nitrogens with zero attached hydrogens (tertiary/aromatic N) is 3. The molecule has 4 aromatic rings. The molecule has 5 nitrogen and oxygen atoms in total. The SMILES string of the molecule is Cc1ccc(-c2nnc(-c3ccc(C(=O)N4CCc5ccccc5C4)cc3)o2)cc1. The van der Waals surface area contributed by atoms with Crippen molar-refractivity contribution in [2.24, 2.45) is 0 Å². The van der Waals surface area contributed by atoms with Gasteiger partial charge in [-0.05, 0) is 60.9 Å². The zero-order chi connectivity index (χ0) is 20.5. The van der Waals surface area contributed by atoms with Crippen LogP contribution in [0.15, 0.2) is 77.2 Å². The molecule has 0 fully saturated rings. The number of benzene rings is 3. The van der Waals surface area contributed by atoms with Crippen molar-refractivity contribution in [2.45, 2.75) is 19.9 Å². The van der Waals surface area contributed by atoms with Crippen molar-refractivity contribution in [1.29, 1.82) is 0 Å². The highest BCUT2D eigenvalue weighted by molar-refractivity contribution is 5.94. The Labute approximate surface area is 175 Å². The first-order valence-electron chi connectivity index (χ1n) is 10.0. The highest BCUT2D eigenvalue weighted by Gasteiger charge is 2.21. The molecule has 1 aromatic heterocycles. The van der Waals surface area contributed by atoms with E-state index in [1.165, 1.54) is 16.7 Å². The fourth-order valence-corrected chi connectivity index (χ4v) is 3.76. The normalized spacial score (nSPS) is 13.2. The van der Waals surface area contributed by atoms with Crippen LogP contribution in [-0.2, 0) is 13.0 Å². The molecule has 0 radical (unpaired) electrons. The lowest BCUT2D eigenvalue weighted by Crippen LogP contribution is -2.35. The van der Waals surface area contributed by atoms with E-state index in [0.717, 1.165) is 24.1 Å². The first kappa shape index (κ1) is 18.3. The molecule has 30 heavy (non-hydrogen) atoms. The summed E-state index contributed by atoms with van der Waals surface area (Å²) in [7, 11) is 0. The fraction of sp³-hybridized carbons (Fsp3) is 0.160. The summed E-state index contributed by atoms with van der Waals surface area (Å²) in [4.78, 5) is 14.9. The van der Waals surface area contributed by atoms with Gasteiger partial charge in [-0.25, -0.2) is 0 Å². The van der Waals surface area contributed by atoms with E-state index in [1.54, 1.807) is 0 Å². The highest BCUT2D eigenvalue weighted by atomic mass is 16.4. The third kappa shape index (κ3) is 3.50. The molecule has 0 saturated heterocycles. The van der Waals surface area contributed by atoms with Crippen LogP contribution in [0.5, 0.6) is 0 Å². The van der Waals surface area contributed by atoms with Crippen molar-refractivity contribution in [3.63, 3.8) is 0 Å². The molecule has 0 aliphatic carbocycles. The van der Waals surface area contributed by atoms with Crippen molar-refractivity contribution in [3.8, 4) is 22.9 Å². The topological polar surface area (TPSA) is 59.2 Å². The van der Waals surface area contributed by atoms with E-state index in [-0.39, 0.29) is 5.91 Å². The molecule has 0 atom stereocenters. The van der Waals surface area contributed by atoms with Gasteiger partial charge >= 0.3 is 0 Å². The van der Waals surface area contributed by atoms with Crippen LogP contribution in [0.2, 0.25) is 0 Å². The van der Waals surface area contributed by atoms with Crippen LogP contribution in [0.3, 0.4) is 0 Å². The number of aryl methyl sites for hydroxylation is 1. The van der Waals surface area contributed by atoms with Crippen LogP contribution < -0.4 is 0 Å². The van der Waals surface area contributed by atoms with E-state index in [1.807, 2.05) is 66.4 Å². The van der Waals surface area contributed by atoms with Gasteiger partial charge in [0.1, 0.15) is 0 Å². The quantitative estimate of drug-likeness (QED) is 0.494. The van der Waals surface area contributed by atoms with Crippen molar-refractivity contribution in [3.05, 3.63) is 95.1 Å². The highest BCUT2D eigenvalue weighted by Crippen LogP contribution is 2.25. The zero-order valence-electron chi connectivity index (χ0n) is 16.7. The van der Waals surface area contributed by atoms with Gasteiger partial charge in [-0.15, -0.1) is 10.2 Å². The molecule has 0 spiro atoms. The van der Waals surface area contributed by atoms with Crippen molar-refractivity contribution < 1.29 is 9.21 Å². The van der Waals surface area contributed by atoms with E-state index in [2.05, 4.69) is 28.4 Å². The lowest BCUT2D eigenvalue weighted by atomic mass is 9.99. The number of carbonyl (C=O) groups is 1. The third-order valence-corrected chi connectivity index (χ3v) is 5.52. The molecule has 0 unspecified atom stereocenters. The van der Waals surface area contributed by atoms with E-state index in [0.29, 0.717) is 23.9 Å². The van der Waals surface area contributed by atoms with Gasteiger partial charge in [0.2, 0.25) is 11.8 Å². The van der Waals surface area contributed by atoms with Gasteiger partial charge in [-0.2, -0.15) is 0 Å². The maximum Gasteiger partial charge on any atom is 0.254 e. The fourth-order valence-electron chi connectivity index (χ4n) is 3.76. The zero-order valence-corrected chi connectivity index (χ0v) is 16.7. The lowest BCUT2D eigenvalue weighted by Gasteiger charge is -2.29. The number of fused-ring (bicyclic) bond motifs is 1. The second-order valence-electron chi connectivity index (χ2n) is 7.60. The molecule has 5 rings (SSSR count). The average Bonchev–Trinajstić information content (AvgIpc) is 3.29. The molecule has 1 aliphatic rings. The maximum absolute atomic E-state index is 12.9. The first-order chi connectivity index (χ1) is 14.7. The predicted molar refractivity (Wildman–Crippen MR) is 115 cm³/mol. The molecular formula is C25H21N3O2. The molecule has 0 saturated carbocycles. The Bertz CT molecular complexity index is 1190. The Balaban J connectivity index is 1.32. The first-order valence-corrected chi connectivity index (χ1v) is 10.0. The lowest BCUT2D eigenvalue weighted by molar-refractivity contribution is 0.0734. The Morgan fingerprint density at radius 3 is 2.10 bits per heavy atom. The molecule has 0 N–H and O–H groups in total. The van der Waals surface area contributed by atoms with Gasteiger partial charge in [0.15, 0.2) is 0 Å². The van der Waals surface area contributed by atoms with E-state index >= 15 is 0 Å². The maximum atomic E-state index is 12.9. The smallest absolute Gasteiger partial charge is 0.254 e. The van der Waals surface area contributed by atoms with Crippen LogP contribution in [0.25, 0.3) is 22.9 Å². The van der Waals surface area contributed by atoms with Crippen molar-refractivity contribution >= 4 is 5.91 Å². The number of aromatic nitrogens is 2. The summed E-state index contributed by atoms with van der Waals surface area (Å²) in [6, 6.07) is 23.6. The summed E-state index contributed by atoms with van der Waals surface area (Å²) >= 11 is 0. The molecular weight excluding hydrogens is 374 g/mol. The molecule has 1 aliphatic heterocycles. The van der Waals surface area contributed by atoms with Gasteiger partial charge in [-0.1, -0.05) is 42.0 Å². The number of hydrogen-bond donors (Lipinski definition) is 0. The van der Waals surface area contributed by atoms with Crippen molar-refractivity contribution in [2.75, 3.05) is 6.54 Å². The Hall–Kier alpha value is -3.73. The minimum atomic E-state index is 0.0435. The predicted octanol–water partition coefficient (Wildman–Crippen LogP) is 4.91. The summed E-state index contributed by atoms with van der Waals surface area (Å²) in [6.45, 7) is 3.43. The number of carbonyl (C=O) groups excluding carboxylic acids is 1. The third-order valence-electron chi connectivity index (χ3n) is 5.52. The standard InChI is InChI=1S/C25H21N3O2/c1-17-6-8-19(9-7-17)23-26-27-24(30-23)20-10-12-21(13-11-20)25(29)28-15-14-18-4-2-3-5-22(18)16-28/h2-13H,14-16H2,1H3. The van der Waals surface area contributed by atoms with Crippen LogP contribution >= 0.6 is 0 Å². The average molecular weight is 395 g/mol. The largest absolute Gasteiger partial charge is 0.416 e. The van der Waals surface area contributed by atoms with E-state index < -0.39 is 0 Å². The van der Waals surface area contributed by atoms with Crippen molar-refractivity contribution in [1.82, 2.24) is 15.1 Å². The van der Waals surface area contributed by atoms with E-state index in [9.17, 15) is 4.79 Å². The summed E-state index contributed by atoms with van der Waals surface area (Å²) in [5.41, 5.74) is 6.08. The second kappa shape index (κ2) is 7.59. The number of amides is 1. The van der Waals surface area contributed by atoms with Crippen LogP contribution in [0, 0.1) is 6.92 Å². The molecule has 2 heterocycles. The van der Waals surface area contributed by atoms with Gasteiger partial charge in [0.25, 0.3) is 5.91 Å². The van der Waals surface area contributed by atoms with Gasteiger partial charge < -0.3 is 9.32 Å². The summed E-state index contributed by atoms with van der Waals surface area (Å²) in [5.74, 6) is 0.968. The summed E-state index contributed by atoms with van der Waals surface area (Å²) < 4.78 is 5.83. The Morgan fingerprint density at radius 1 is 0.833 bits per heavy atom. The van der Waals surface area contributed by atoms with Gasteiger partial charge in [0, 0.05) is 29.8 Å². The molecule has 148 valence electrons. The molecule has 5 heteroatoms.